The molecular formula is C22H25N3O3S. The lowest BCUT2D eigenvalue weighted by molar-refractivity contribution is -0.131. The number of nitrogens with one attached hydrogen (secondary N) is 2. The van der Waals surface area contributed by atoms with E-state index in [1.54, 1.807) is 23.6 Å². The second-order valence-electron chi connectivity index (χ2n) is 7.04. The third-order valence-corrected chi connectivity index (χ3v) is 5.69. The van der Waals surface area contributed by atoms with Gasteiger partial charge in [-0.3, -0.25) is 14.4 Å². The summed E-state index contributed by atoms with van der Waals surface area (Å²) in [6, 6.07) is 16.6. The number of carbonyl (C=O) groups is 3. The first-order valence-corrected chi connectivity index (χ1v) is 10.8. The lowest BCUT2D eigenvalue weighted by atomic mass is 10.1. The van der Waals surface area contributed by atoms with Gasteiger partial charge in [0.25, 0.3) is 0 Å². The molecule has 1 saturated heterocycles. The number of anilines is 1. The van der Waals surface area contributed by atoms with Gasteiger partial charge in [0.05, 0.1) is 5.92 Å². The fourth-order valence-corrected chi connectivity index (χ4v) is 3.64. The summed E-state index contributed by atoms with van der Waals surface area (Å²) in [5.41, 5.74) is 1.78. The number of rotatable bonds is 7. The standard InChI is InChI=1S/C22H25N3O3S/c1-15(21(27)23-13-16-6-4-3-5-7-16)24-22(28)17-12-20(26)25(14-17)18-8-10-19(29-2)11-9-18/h3-11,15,17H,12-14H2,1-2H3,(H,23,27)(H,24,28). The Balaban J connectivity index is 1.52. The van der Waals surface area contributed by atoms with Crippen molar-refractivity contribution >= 4 is 35.2 Å². The molecule has 1 heterocycles. The average Bonchev–Trinajstić information content (AvgIpc) is 3.14. The van der Waals surface area contributed by atoms with E-state index in [-0.39, 0.29) is 24.1 Å². The largest absolute Gasteiger partial charge is 0.350 e. The number of nitrogens with zero attached hydrogens (tertiary/aromatic N) is 1. The third-order valence-electron chi connectivity index (χ3n) is 4.94. The fourth-order valence-electron chi connectivity index (χ4n) is 3.23. The molecule has 0 radical (unpaired) electrons. The molecule has 1 fully saturated rings. The summed E-state index contributed by atoms with van der Waals surface area (Å²) >= 11 is 1.63. The summed E-state index contributed by atoms with van der Waals surface area (Å²) in [6.07, 6.45) is 2.14. The van der Waals surface area contributed by atoms with Crippen molar-refractivity contribution in [3.63, 3.8) is 0 Å². The van der Waals surface area contributed by atoms with Crippen LogP contribution in [-0.2, 0) is 20.9 Å². The predicted octanol–water partition coefficient (Wildman–Crippen LogP) is 2.58. The van der Waals surface area contributed by atoms with E-state index >= 15 is 0 Å². The van der Waals surface area contributed by atoms with Gasteiger partial charge in [-0.25, -0.2) is 0 Å². The molecule has 1 aliphatic rings. The van der Waals surface area contributed by atoms with Gasteiger partial charge in [0.15, 0.2) is 0 Å². The Morgan fingerprint density at radius 2 is 1.83 bits per heavy atom. The quantitative estimate of drug-likeness (QED) is 0.687. The Hall–Kier alpha value is -2.80. The lowest BCUT2D eigenvalue weighted by Gasteiger charge is -2.18. The van der Waals surface area contributed by atoms with Crippen molar-refractivity contribution in [2.75, 3.05) is 17.7 Å². The van der Waals surface area contributed by atoms with E-state index in [4.69, 9.17) is 0 Å². The first-order valence-electron chi connectivity index (χ1n) is 9.54. The van der Waals surface area contributed by atoms with E-state index in [0.29, 0.717) is 13.1 Å². The van der Waals surface area contributed by atoms with Crippen LogP contribution >= 0.6 is 11.8 Å². The van der Waals surface area contributed by atoms with Gasteiger partial charge in [0.1, 0.15) is 6.04 Å². The van der Waals surface area contributed by atoms with Crippen molar-refractivity contribution in [2.45, 2.75) is 30.8 Å². The minimum atomic E-state index is -0.670. The van der Waals surface area contributed by atoms with Gasteiger partial charge in [0, 0.05) is 30.1 Å². The molecule has 0 aromatic heterocycles. The number of benzene rings is 2. The molecular weight excluding hydrogens is 386 g/mol. The molecule has 2 unspecified atom stereocenters. The Morgan fingerprint density at radius 3 is 2.48 bits per heavy atom. The summed E-state index contributed by atoms with van der Waals surface area (Å²) in [7, 11) is 0. The van der Waals surface area contributed by atoms with Gasteiger partial charge in [-0.1, -0.05) is 30.3 Å². The lowest BCUT2D eigenvalue weighted by Crippen LogP contribution is -2.46. The van der Waals surface area contributed by atoms with Gasteiger partial charge < -0.3 is 15.5 Å². The van der Waals surface area contributed by atoms with E-state index in [9.17, 15) is 14.4 Å². The molecule has 3 amide bonds. The predicted molar refractivity (Wildman–Crippen MR) is 115 cm³/mol. The minimum absolute atomic E-state index is 0.0803. The van der Waals surface area contributed by atoms with Crippen molar-refractivity contribution in [3.05, 3.63) is 60.2 Å². The molecule has 0 saturated carbocycles. The van der Waals surface area contributed by atoms with Gasteiger partial charge in [0.2, 0.25) is 17.7 Å². The monoisotopic (exact) mass is 411 g/mol. The van der Waals surface area contributed by atoms with E-state index in [1.165, 1.54) is 0 Å². The Bertz CT molecular complexity index is 871. The van der Waals surface area contributed by atoms with Crippen LogP contribution in [0, 0.1) is 5.92 Å². The summed E-state index contributed by atoms with van der Waals surface area (Å²) in [6.45, 7) is 2.37. The van der Waals surface area contributed by atoms with Crippen molar-refractivity contribution < 1.29 is 14.4 Å². The zero-order valence-corrected chi connectivity index (χ0v) is 17.4. The SMILES string of the molecule is CSc1ccc(N2CC(C(=O)NC(C)C(=O)NCc3ccccc3)CC2=O)cc1. The van der Waals surface area contributed by atoms with Gasteiger partial charge >= 0.3 is 0 Å². The van der Waals surface area contributed by atoms with E-state index < -0.39 is 12.0 Å². The van der Waals surface area contributed by atoms with Crippen LogP contribution in [0.3, 0.4) is 0 Å². The maximum Gasteiger partial charge on any atom is 0.242 e. The normalized spacial score (nSPS) is 17.1. The average molecular weight is 412 g/mol. The number of thioether (sulfide) groups is 1. The van der Waals surface area contributed by atoms with Crippen LogP contribution in [0.15, 0.2) is 59.5 Å². The molecule has 0 spiro atoms. The van der Waals surface area contributed by atoms with Crippen LogP contribution < -0.4 is 15.5 Å². The molecule has 1 aliphatic heterocycles. The smallest absolute Gasteiger partial charge is 0.242 e. The van der Waals surface area contributed by atoms with Crippen molar-refractivity contribution in [1.82, 2.24) is 10.6 Å². The number of amides is 3. The molecule has 2 atom stereocenters. The van der Waals surface area contributed by atoms with Crippen molar-refractivity contribution in [2.24, 2.45) is 5.92 Å². The van der Waals surface area contributed by atoms with Gasteiger partial charge in [-0.2, -0.15) is 0 Å². The first-order chi connectivity index (χ1) is 14.0. The van der Waals surface area contributed by atoms with Gasteiger partial charge in [-0.05, 0) is 43.0 Å². The van der Waals surface area contributed by atoms with Crippen LogP contribution in [0.2, 0.25) is 0 Å². The molecule has 2 aromatic rings. The Labute approximate surface area is 175 Å². The molecule has 2 N–H and O–H groups in total. The zero-order chi connectivity index (χ0) is 20.8. The Morgan fingerprint density at radius 1 is 1.14 bits per heavy atom. The maximum atomic E-state index is 12.6. The highest BCUT2D eigenvalue weighted by molar-refractivity contribution is 7.98. The molecule has 6 nitrogen and oxygen atoms in total. The van der Waals surface area contributed by atoms with E-state index in [1.807, 2.05) is 60.9 Å². The van der Waals surface area contributed by atoms with Crippen LogP contribution in [0.25, 0.3) is 0 Å². The molecule has 0 aliphatic carbocycles. The summed E-state index contributed by atoms with van der Waals surface area (Å²) in [5, 5.41) is 5.55. The second kappa shape index (κ2) is 9.60. The molecule has 3 rings (SSSR count). The molecule has 152 valence electrons. The molecule has 29 heavy (non-hydrogen) atoms. The highest BCUT2D eigenvalue weighted by Gasteiger charge is 2.36. The first kappa shape index (κ1) is 20.9. The van der Waals surface area contributed by atoms with Crippen molar-refractivity contribution in [3.8, 4) is 0 Å². The number of carbonyl (C=O) groups excluding carboxylic acids is 3. The van der Waals surface area contributed by atoms with Crippen LogP contribution in [-0.4, -0.2) is 36.6 Å². The topological polar surface area (TPSA) is 78.5 Å². The summed E-state index contributed by atoms with van der Waals surface area (Å²) in [5.74, 6) is -1.07. The van der Waals surface area contributed by atoms with E-state index in [2.05, 4.69) is 10.6 Å². The Kier molecular flexibility index (Phi) is 6.93. The van der Waals surface area contributed by atoms with Crippen molar-refractivity contribution in [1.29, 1.82) is 0 Å². The highest BCUT2D eigenvalue weighted by Crippen LogP contribution is 2.27. The van der Waals surface area contributed by atoms with Crippen LogP contribution in [0.5, 0.6) is 0 Å². The van der Waals surface area contributed by atoms with Gasteiger partial charge in [-0.15, -0.1) is 11.8 Å². The molecule has 2 aromatic carbocycles. The number of hydrogen-bond donors (Lipinski definition) is 2. The minimum Gasteiger partial charge on any atom is -0.350 e. The van der Waals surface area contributed by atoms with Crippen LogP contribution in [0.4, 0.5) is 5.69 Å². The molecule has 0 bridgehead atoms. The fraction of sp³-hybridized carbons (Fsp3) is 0.318. The third kappa shape index (κ3) is 5.38. The maximum absolute atomic E-state index is 12.6. The summed E-state index contributed by atoms with van der Waals surface area (Å²) in [4.78, 5) is 40.0. The zero-order valence-electron chi connectivity index (χ0n) is 16.6. The molecule has 7 heteroatoms. The second-order valence-corrected chi connectivity index (χ2v) is 7.92. The van der Waals surface area contributed by atoms with Crippen LogP contribution in [0.1, 0.15) is 18.9 Å². The summed E-state index contributed by atoms with van der Waals surface area (Å²) < 4.78 is 0. The van der Waals surface area contributed by atoms with E-state index in [0.717, 1.165) is 16.1 Å². The number of hydrogen-bond acceptors (Lipinski definition) is 4. The highest BCUT2D eigenvalue weighted by atomic mass is 32.2.